The summed E-state index contributed by atoms with van der Waals surface area (Å²) in [7, 11) is 1.33. The van der Waals surface area contributed by atoms with Crippen LogP contribution >= 0.6 is 11.6 Å². The first-order valence-electron chi connectivity index (χ1n) is 8.32. The third-order valence-electron chi connectivity index (χ3n) is 4.53. The van der Waals surface area contributed by atoms with Gasteiger partial charge in [-0.1, -0.05) is 35.9 Å². The van der Waals surface area contributed by atoms with Crippen molar-refractivity contribution in [1.29, 1.82) is 0 Å². The van der Waals surface area contributed by atoms with E-state index in [1.165, 1.54) is 12.0 Å². The summed E-state index contributed by atoms with van der Waals surface area (Å²) >= 11 is 5.94. The fourth-order valence-corrected chi connectivity index (χ4v) is 3.36. The van der Waals surface area contributed by atoms with E-state index < -0.39 is 12.0 Å². The minimum Gasteiger partial charge on any atom is -0.483 e. The minimum atomic E-state index is -0.641. The lowest BCUT2D eigenvalue weighted by molar-refractivity contribution is -0.154. The van der Waals surface area contributed by atoms with Gasteiger partial charge >= 0.3 is 5.97 Å². The molecule has 0 N–H and O–H groups in total. The van der Waals surface area contributed by atoms with Crippen LogP contribution < -0.4 is 4.74 Å². The van der Waals surface area contributed by atoms with Gasteiger partial charge in [0.2, 0.25) is 0 Å². The maximum atomic E-state index is 12.8. The third-order valence-corrected chi connectivity index (χ3v) is 4.77. The van der Waals surface area contributed by atoms with Gasteiger partial charge in [-0.25, -0.2) is 4.79 Å². The second-order valence-corrected chi connectivity index (χ2v) is 6.67. The molecule has 0 saturated carbocycles. The van der Waals surface area contributed by atoms with Crippen molar-refractivity contribution in [3.8, 4) is 5.75 Å². The van der Waals surface area contributed by atoms with Crippen LogP contribution in [0.5, 0.6) is 5.75 Å². The Morgan fingerprint density at radius 2 is 1.92 bits per heavy atom. The number of methoxy groups -OCH3 is 1. The van der Waals surface area contributed by atoms with Crippen molar-refractivity contribution >= 4 is 23.5 Å². The normalized spacial score (nSPS) is 16.0. The molecule has 1 heterocycles. The number of benzene rings is 2. The molecular formula is C20H20ClNO4. The number of nitrogens with zero attached hydrogens (tertiary/aromatic N) is 1. The first-order valence-corrected chi connectivity index (χ1v) is 8.70. The SMILES string of the molecule is COC(=O)[C@H]1Cc2ccccc2CN1C(=O)COc1ccc(Cl)cc1C. The summed E-state index contributed by atoms with van der Waals surface area (Å²) in [5.41, 5.74) is 2.93. The molecule has 2 aromatic carbocycles. The molecular weight excluding hydrogens is 354 g/mol. The lowest BCUT2D eigenvalue weighted by Gasteiger charge is -2.35. The molecule has 136 valence electrons. The highest BCUT2D eigenvalue weighted by Crippen LogP contribution is 2.25. The molecule has 0 fully saturated rings. The molecule has 0 bridgehead atoms. The molecule has 0 saturated heterocycles. The van der Waals surface area contributed by atoms with Crippen molar-refractivity contribution < 1.29 is 19.1 Å². The third kappa shape index (κ3) is 3.83. The number of rotatable bonds is 4. The summed E-state index contributed by atoms with van der Waals surface area (Å²) in [4.78, 5) is 26.5. The molecule has 0 aromatic heterocycles. The van der Waals surface area contributed by atoms with Crippen molar-refractivity contribution in [3.63, 3.8) is 0 Å². The van der Waals surface area contributed by atoms with Crippen molar-refractivity contribution in [2.24, 2.45) is 0 Å². The highest BCUT2D eigenvalue weighted by atomic mass is 35.5. The molecule has 3 rings (SSSR count). The maximum Gasteiger partial charge on any atom is 0.328 e. The first-order chi connectivity index (χ1) is 12.5. The summed E-state index contributed by atoms with van der Waals surface area (Å²) in [6.45, 7) is 2.07. The Kier molecular flexibility index (Phi) is 5.47. The van der Waals surface area contributed by atoms with E-state index in [9.17, 15) is 9.59 Å². The van der Waals surface area contributed by atoms with Crippen molar-refractivity contribution in [1.82, 2.24) is 4.90 Å². The fraction of sp³-hybridized carbons (Fsp3) is 0.300. The van der Waals surface area contributed by atoms with Crippen LogP contribution in [0.3, 0.4) is 0 Å². The van der Waals surface area contributed by atoms with E-state index in [1.54, 1.807) is 18.2 Å². The van der Waals surface area contributed by atoms with Gasteiger partial charge in [0.05, 0.1) is 7.11 Å². The standard InChI is InChI=1S/C20H20ClNO4/c1-13-9-16(21)7-8-18(13)26-12-19(23)22-11-15-6-4-3-5-14(15)10-17(22)20(24)25-2/h3-9,17H,10-12H2,1-2H3/t17-/m1/s1. The number of fused-ring (bicyclic) bond motifs is 1. The topological polar surface area (TPSA) is 55.8 Å². The van der Waals surface area contributed by atoms with Gasteiger partial charge in [0, 0.05) is 18.0 Å². The smallest absolute Gasteiger partial charge is 0.328 e. The zero-order valence-corrected chi connectivity index (χ0v) is 15.5. The second-order valence-electron chi connectivity index (χ2n) is 6.23. The molecule has 1 atom stereocenters. The summed E-state index contributed by atoms with van der Waals surface area (Å²) in [6.07, 6.45) is 0.439. The van der Waals surface area contributed by atoms with Gasteiger partial charge in [-0.15, -0.1) is 0 Å². The van der Waals surface area contributed by atoms with Crippen LogP contribution in [-0.2, 0) is 27.3 Å². The number of carbonyl (C=O) groups is 2. The van der Waals surface area contributed by atoms with Crippen LogP contribution in [0.1, 0.15) is 16.7 Å². The number of aryl methyl sites for hydroxylation is 1. The van der Waals surface area contributed by atoms with E-state index in [2.05, 4.69) is 0 Å². The van der Waals surface area contributed by atoms with E-state index in [0.29, 0.717) is 23.7 Å². The van der Waals surface area contributed by atoms with Gasteiger partial charge in [0.1, 0.15) is 11.8 Å². The number of hydrogen-bond acceptors (Lipinski definition) is 4. The van der Waals surface area contributed by atoms with Gasteiger partial charge in [0.15, 0.2) is 6.61 Å². The van der Waals surface area contributed by atoms with Gasteiger partial charge in [-0.2, -0.15) is 0 Å². The highest BCUT2D eigenvalue weighted by molar-refractivity contribution is 6.30. The predicted molar refractivity (Wildman–Crippen MR) is 98.2 cm³/mol. The van der Waals surface area contributed by atoms with Crippen molar-refractivity contribution in [2.45, 2.75) is 25.9 Å². The number of halogens is 1. The van der Waals surface area contributed by atoms with Crippen LogP contribution in [0.4, 0.5) is 0 Å². The lowest BCUT2D eigenvalue weighted by atomic mass is 9.94. The van der Waals surface area contributed by atoms with Crippen molar-refractivity contribution in [2.75, 3.05) is 13.7 Å². The van der Waals surface area contributed by atoms with E-state index in [0.717, 1.165) is 16.7 Å². The predicted octanol–water partition coefficient (Wildman–Crippen LogP) is 3.15. The molecule has 1 aliphatic rings. The minimum absolute atomic E-state index is 0.155. The average Bonchev–Trinajstić information content (AvgIpc) is 2.65. The van der Waals surface area contributed by atoms with E-state index in [1.807, 2.05) is 31.2 Å². The molecule has 0 unspecified atom stereocenters. The summed E-state index contributed by atoms with van der Waals surface area (Å²) in [5, 5.41) is 0.611. The monoisotopic (exact) mass is 373 g/mol. The molecule has 1 aliphatic heterocycles. The maximum absolute atomic E-state index is 12.8. The van der Waals surface area contributed by atoms with Gasteiger partial charge in [-0.05, 0) is 41.8 Å². The number of ether oxygens (including phenoxy) is 2. The average molecular weight is 374 g/mol. The Labute approximate surface area is 157 Å². The molecule has 0 aliphatic carbocycles. The summed E-state index contributed by atoms with van der Waals surface area (Å²) < 4.78 is 10.5. The molecule has 1 amide bonds. The van der Waals surface area contributed by atoms with Gasteiger partial charge in [-0.3, -0.25) is 4.79 Å². The molecule has 26 heavy (non-hydrogen) atoms. The van der Waals surface area contributed by atoms with Crippen LogP contribution in [0.25, 0.3) is 0 Å². The number of hydrogen-bond donors (Lipinski definition) is 0. The quantitative estimate of drug-likeness (QED) is 0.772. The number of esters is 1. The Balaban J connectivity index is 1.76. The summed E-state index contributed by atoms with van der Waals surface area (Å²) in [5.74, 6) is -0.0884. The molecule has 0 spiro atoms. The van der Waals surface area contributed by atoms with Crippen LogP contribution in [-0.4, -0.2) is 36.5 Å². The first kappa shape index (κ1) is 18.3. The highest BCUT2D eigenvalue weighted by Gasteiger charge is 2.35. The second kappa shape index (κ2) is 7.79. The lowest BCUT2D eigenvalue weighted by Crippen LogP contribution is -2.50. The summed E-state index contributed by atoms with van der Waals surface area (Å²) in [6, 6.07) is 12.4. The number of amides is 1. The largest absolute Gasteiger partial charge is 0.483 e. The fourth-order valence-electron chi connectivity index (χ4n) is 3.13. The zero-order chi connectivity index (χ0) is 18.7. The Morgan fingerprint density at radius 3 is 2.62 bits per heavy atom. The Morgan fingerprint density at radius 1 is 1.19 bits per heavy atom. The zero-order valence-electron chi connectivity index (χ0n) is 14.7. The van der Waals surface area contributed by atoms with Crippen LogP contribution in [0.2, 0.25) is 5.02 Å². The van der Waals surface area contributed by atoms with E-state index in [4.69, 9.17) is 21.1 Å². The van der Waals surface area contributed by atoms with E-state index in [-0.39, 0.29) is 12.5 Å². The molecule has 2 aromatic rings. The van der Waals surface area contributed by atoms with Gasteiger partial charge in [0.25, 0.3) is 5.91 Å². The van der Waals surface area contributed by atoms with E-state index >= 15 is 0 Å². The van der Waals surface area contributed by atoms with Crippen LogP contribution in [0, 0.1) is 6.92 Å². The Hall–Kier alpha value is -2.53. The molecule has 6 heteroatoms. The van der Waals surface area contributed by atoms with Gasteiger partial charge < -0.3 is 14.4 Å². The van der Waals surface area contributed by atoms with Crippen LogP contribution in [0.15, 0.2) is 42.5 Å². The molecule has 0 radical (unpaired) electrons. The van der Waals surface area contributed by atoms with Crippen molar-refractivity contribution in [3.05, 3.63) is 64.2 Å². The Bertz CT molecular complexity index is 836. The molecule has 5 nitrogen and oxygen atoms in total. The number of carbonyl (C=O) groups excluding carboxylic acids is 2.